The average Bonchev–Trinajstić information content (AvgIpc) is 2.36. The van der Waals surface area contributed by atoms with E-state index >= 15 is 0 Å². The van der Waals surface area contributed by atoms with Crippen molar-refractivity contribution in [3.8, 4) is 0 Å². The van der Waals surface area contributed by atoms with Crippen molar-refractivity contribution in [1.29, 1.82) is 0 Å². The Morgan fingerprint density at radius 1 is 1.32 bits per heavy atom. The van der Waals surface area contributed by atoms with Crippen molar-refractivity contribution in [2.45, 2.75) is 43.0 Å². The fraction of sp³-hybridized carbons (Fsp3) is 0.917. The number of rotatable bonds is 3. The van der Waals surface area contributed by atoms with Crippen molar-refractivity contribution in [2.24, 2.45) is 0 Å². The van der Waals surface area contributed by atoms with E-state index in [1.165, 1.54) is 0 Å². The maximum Gasteiger partial charge on any atom is 0.238 e. The Bertz CT molecular complexity index is 427. The SMILES string of the molecule is O=C(NCC1(O)CCOCC1)C1CCCCS1(=O)=O. The summed E-state index contributed by atoms with van der Waals surface area (Å²) in [4.78, 5) is 12.0. The van der Waals surface area contributed by atoms with Crippen LogP contribution in [-0.2, 0) is 19.4 Å². The molecular formula is C12H21NO5S. The van der Waals surface area contributed by atoms with Gasteiger partial charge in [0, 0.05) is 32.6 Å². The molecule has 19 heavy (non-hydrogen) atoms. The van der Waals surface area contributed by atoms with Gasteiger partial charge < -0.3 is 15.2 Å². The normalized spacial score (nSPS) is 29.6. The Hall–Kier alpha value is -0.660. The highest BCUT2D eigenvalue weighted by Gasteiger charge is 2.36. The van der Waals surface area contributed by atoms with Crippen molar-refractivity contribution in [2.75, 3.05) is 25.5 Å². The highest BCUT2D eigenvalue weighted by atomic mass is 32.2. The quantitative estimate of drug-likeness (QED) is 0.739. The second-order valence-corrected chi connectivity index (χ2v) is 7.71. The van der Waals surface area contributed by atoms with E-state index in [0.29, 0.717) is 38.9 Å². The van der Waals surface area contributed by atoms with E-state index in [4.69, 9.17) is 4.74 Å². The summed E-state index contributed by atoms with van der Waals surface area (Å²) in [6.45, 7) is 1.03. The first kappa shape index (κ1) is 14.7. The van der Waals surface area contributed by atoms with E-state index in [0.717, 1.165) is 6.42 Å². The molecular weight excluding hydrogens is 270 g/mol. The summed E-state index contributed by atoms with van der Waals surface area (Å²) >= 11 is 0. The van der Waals surface area contributed by atoms with Crippen LogP contribution in [0.5, 0.6) is 0 Å². The molecule has 6 nitrogen and oxygen atoms in total. The number of aliphatic hydroxyl groups is 1. The third-order valence-electron chi connectivity index (χ3n) is 3.89. The van der Waals surface area contributed by atoms with Crippen LogP contribution in [0.2, 0.25) is 0 Å². The lowest BCUT2D eigenvalue weighted by Crippen LogP contribution is -2.50. The first-order valence-electron chi connectivity index (χ1n) is 6.72. The molecule has 0 aromatic carbocycles. The molecule has 0 aromatic rings. The number of ether oxygens (including phenoxy) is 1. The third kappa shape index (κ3) is 3.67. The second-order valence-electron chi connectivity index (χ2n) is 5.41. The van der Waals surface area contributed by atoms with Gasteiger partial charge in [0.15, 0.2) is 9.84 Å². The predicted molar refractivity (Wildman–Crippen MR) is 69.4 cm³/mol. The number of carbonyl (C=O) groups is 1. The minimum absolute atomic E-state index is 0.0865. The number of hydrogen-bond donors (Lipinski definition) is 2. The Morgan fingerprint density at radius 2 is 2.00 bits per heavy atom. The van der Waals surface area contributed by atoms with Crippen LogP contribution in [0.1, 0.15) is 32.1 Å². The zero-order valence-electron chi connectivity index (χ0n) is 10.9. The van der Waals surface area contributed by atoms with Gasteiger partial charge in [-0.3, -0.25) is 4.79 Å². The number of amides is 1. The first-order valence-corrected chi connectivity index (χ1v) is 8.44. The zero-order valence-corrected chi connectivity index (χ0v) is 11.7. The van der Waals surface area contributed by atoms with E-state index in [2.05, 4.69) is 5.32 Å². The third-order valence-corrected chi connectivity index (χ3v) is 6.06. The molecule has 1 atom stereocenters. The summed E-state index contributed by atoms with van der Waals surface area (Å²) in [5, 5.41) is 11.9. The van der Waals surface area contributed by atoms with E-state index in [1.807, 2.05) is 0 Å². The predicted octanol–water partition coefficient (Wildman–Crippen LogP) is -0.389. The summed E-state index contributed by atoms with van der Waals surface area (Å²) in [5.74, 6) is -0.386. The van der Waals surface area contributed by atoms with Gasteiger partial charge in [0.1, 0.15) is 5.25 Å². The van der Waals surface area contributed by atoms with E-state index in [9.17, 15) is 18.3 Å². The van der Waals surface area contributed by atoms with Gasteiger partial charge in [0.05, 0.1) is 11.4 Å². The summed E-state index contributed by atoms with van der Waals surface area (Å²) in [5.41, 5.74) is -0.966. The van der Waals surface area contributed by atoms with Crippen molar-refractivity contribution in [3.63, 3.8) is 0 Å². The number of nitrogens with one attached hydrogen (secondary N) is 1. The van der Waals surface area contributed by atoms with Crippen molar-refractivity contribution in [1.82, 2.24) is 5.32 Å². The molecule has 0 bridgehead atoms. The molecule has 2 N–H and O–H groups in total. The minimum Gasteiger partial charge on any atom is -0.388 e. The van der Waals surface area contributed by atoms with Crippen LogP contribution < -0.4 is 5.32 Å². The van der Waals surface area contributed by atoms with Gasteiger partial charge in [-0.25, -0.2) is 8.42 Å². The van der Waals surface area contributed by atoms with Crippen LogP contribution >= 0.6 is 0 Å². The molecule has 0 aliphatic carbocycles. The molecule has 2 rings (SSSR count). The maximum absolute atomic E-state index is 12.0. The fourth-order valence-electron chi connectivity index (χ4n) is 2.54. The summed E-state index contributed by atoms with van der Waals surface area (Å²) in [6, 6.07) is 0. The molecule has 2 aliphatic heterocycles. The van der Waals surface area contributed by atoms with Crippen molar-refractivity contribution in [3.05, 3.63) is 0 Å². The maximum atomic E-state index is 12.0. The van der Waals surface area contributed by atoms with Crippen LogP contribution in [0.15, 0.2) is 0 Å². The van der Waals surface area contributed by atoms with Crippen LogP contribution in [0, 0.1) is 0 Å². The molecule has 2 aliphatic rings. The molecule has 1 unspecified atom stereocenters. The van der Waals surface area contributed by atoms with Gasteiger partial charge in [-0.1, -0.05) is 6.42 Å². The molecule has 2 heterocycles. The molecule has 110 valence electrons. The molecule has 1 amide bonds. The minimum atomic E-state index is -3.31. The first-order chi connectivity index (χ1) is 8.93. The second kappa shape index (κ2) is 5.76. The molecule has 7 heteroatoms. The number of carbonyl (C=O) groups excluding carboxylic acids is 1. The van der Waals surface area contributed by atoms with Gasteiger partial charge in [0.25, 0.3) is 0 Å². The van der Waals surface area contributed by atoms with Gasteiger partial charge >= 0.3 is 0 Å². The van der Waals surface area contributed by atoms with Gasteiger partial charge in [-0.15, -0.1) is 0 Å². The highest BCUT2D eigenvalue weighted by Crippen LogP contribution is 2.22. The van der Waals surface area contributed by atoms with Gasteiger partial charge in [-0.05, 0) is 12.8 Å². The summed E-state index contributed by atoms with van der Waals surface area (Å²) in [7, 11) is -3.31. The monoisotopic (exact) mass is 291 g/mol. The average molecular weight is 291 g/mol. The Labute approximate surface area is 113 Å². The largest absolute Gasteiger partial charge is 0.388 e. The Morgan fingerprint density at radius 3 is 2.63 bits per heavy atom. The van der Waals surface area contributed by atoms with Gasteiger partial charge in [-0.2, -0.15) is 0 Å². The highest BCUT2D eigenvalue weighted by molar-refractivity contribution is 7.92. The van der Waals surface area contributed by atoms with Crippen LogP contribution in [0.3, 0.4) is 0 Å². The van der Waals surface area contributed by atoms with Crippen molar-refractivity contribution >= 4 is 15.7 Å². The Kier molecular flexibility index (Phi) is 4.47. The van der Waals surface area contributed by atoms with Crippen LogP contribution in [-0.4, -0.2) is 55.8 Å². The van der Waals surface area contributed by atoms with Gasteiger partial charge in [0.2, 0.25) is 5.91 Å². The smallest absolute Gasteiger partial charge is 0.238 e. The van der Waals surface area contributed by atoms with Crippen LogP contribution in [0.4, 0.5) is 0 Å². The number of hydrogen-bond acceptors (Lipinski definition) is 5. The lowest BCUT2D eigenvalue weighted by Gasteiger charge is -2.32. The summed E-state index contributed by atoms with van der Waals surface area (Å²) < 4.78 is 28.8. The van der Waals surface area contributed by atoms with E-state index in [-0.39, 0.29) is 12.3 Å². The topological polar surface area (TPSA) is 92.7 Å². The fourth-order valence-corrected chi connectivity index (χ4v) is 4.37. The molecule has 2 saturated heterocycles. The van der Waals surface area contributed by atoms with E-state index in [1.54, 1.807) is 0 Å². The Balaban J connectivity index is 1.90. The zero-order chi connectivity index (χ0) is 13.9. The molecule has 0 saturated carbocycles. The lowest BCUT2D eigenvalue weighted by atomic mass is 9.94. The van der Waals surface area contributed by atoms with Crippen LogP contribution in [0.25, 0.3) is 0 Å². The molecule has 2 fully saturated rings. The molecule has 0 spiro atoms. The van der Waals surface area contributed by atoms with E-state index < -0.39 is 26.6 Å². The van der Waals surface area contributed by atoms with Crippen molar-refractivity contribution < 1.29 is 23.1 Å². The standard InChI is InChI=1S/C12H21NO5S/c14-11(10-3-1-2-8-19(10,16)17)13-9-12(15)4-6-18-7-5-12/h10,15H,1-9H2,(H,13,14). The molecule has 0 radical (unpaired) electrons. The lowest BCUT2D eigenvalue weighted by molar-refractivity contribution is -0.123. The summed E-state index contributed by atoms with van der Waals surface area (Å²) in [6.07, 6.45) is 2.70. The molecule has 0 aromatic heterocycles. The number of sulfone groups is 1.